The minimum atomic E-state index is -3.37. The van der Waals surface area contributed by atoms with Gasteiger partial charge in [0.1, 0.15) is 0 Å². The van der Waals surface area contributed by atoms with Crippen molar-refractivity contribution in [3.05, 3.63) is 30.1 Å². The van der Waals surface area contributed by atoms with Gasteiger partial charge in [0, 0.05) is 25.7 Å². The standard InChI is InChI=1S/C15H25N3O3S/c1-3-4-6-11-17-15(19)9-12-18(22(2,20)21)13-14-8-5-7-10-16-14/h5,7-8,10H,3-4,6,9,11-13H2,1-2H3,(H,17,19). The van der Waals surface area contributed by atoms with Gasteiger partial charge in [-0.25, -0.2) is 8.42 Å². The first-order valence-electron chi connectivity index (χ1n) is 7.55. The predicted octanol–water partition coefficient (Wildman–Crippen LogP) is 1.54. The molecule has 0 spiro atoms. The van der Waals surface area contributed by atoms with Gasteiger partial charge in [-0.2, -0.15) is 4.31 Å². The number of unbranched alkanes of at least 4 members (excludes halogenated alkanes) is 2. The minimum Gasteiger partial charge on any atom is -0.356 e. The summed E-state index contributed by atoms with van der Waals surface area (Å²) in [5.74, 6) is -0.120. The van der Waals surface area contributed by atoms with Crippen LogP contribution in [0.1, 0.15) is 38.3 Å². The van der Waals surface area contributed by atoms with Crippen LogP contribution in [0.15, 0.2) is 24.4 Å². The summed E-state index contributed by atoms with van der Waals surface area (Å²) in [7, 11) is -3.37. The van der Waals surface area contributed by atoms with Crippen molar-refractivity contribution in [1.82, 2.24) is 14.6 Å². The normalized spacial score (nSPS) is 11.6. The van der Waals surface area contributed by atoms with E-state index < -0.39 is 10.0 Å². The Morgan fingerprint density at radius 2 is 2.09 bits per heavy atom. The molecule has 1 amide bonds. The van der Waals surface area contributed by atoms with E-state index in [-0.39, 0.29) is 25.4 Å². The maximum absolute atomic E-state index is 11.8. The Labute approximate surface area is 133 Å². The average molecular weight is 327 g/mol. The molecule has 1 N–H and O–H groups in total. The van der Waals surface area contributed by atoms with Crippen LogP contribution in [0.4, 0.5) is 0 Å². The Morgan fingerprint density at radius 3 is 2.68 bits per heavy atom. The molecule has 0 unspecified atom stereocenters. The second-order valence-electron chi connectivity index (χ2n) is 5.22. The largest absolute Gasteiger partial charge is 0.356 e. The summed E-state index contributed by atoms with van der Waals surface area (Å²) in [6, 6.07) is 5.35. The van der Waals surface area contributed by atoms with E-state index in [0.29, 0.717) is 12.2 Å². The maximum atomic E-state index is 11.8. The lowest BCUT2D eigenvalue weighted by Crippen LogP contribution is -2.34. The van der Waals surface area contributed by atoms with Crippen LogP contribution in [-0.2, 0) is 21.4 Å². The molecule has 0 aliphatic rings. The molecular formula is C15H25N3O3S. The number of sulfonamides is 1. The third-order valence-corrected chi connectivity index (χ3v) is 4.47. The first-order valence-corrected chi connectivity index (χ1v) is 9.40. The number of carbonyl (C=O) groups excluding carboxylic acids is 1. The minimum absolute atomic E-state index is 0.120. The zero-order valence-electron chi connectivity index (χ0n) is 13.3. The molecule has 0 fully saturated rings. The number of carbonyl (C=O) groups is 1. The van der Waals surface area contributed by atoms with Crippen LogP contribution in [0.5, 0.6) is 0 Å². The molecule has 0 aromatic carbocycles. The Balaban J connectivity index is 2.48. The number of rotatable bonds is 10. The summed E-state index contributed by atoms with van der Waals surface area (Å²) in [6.45, 7) is 3.09. The topological polar surface area (TPSA) is 79.4 Å². The van der Waals surface area contributed by atoms with Crippen molar-refractivity contribution in [3.8, 4) is 0 Å². The van der Waals surface area contributed by atoms with Gasteiger partial charge in [0.25, 0.3) is 0 Å². The van der Waals surface area contributed by atoms with E-state index >= 15 is 0 Å². The Hall–Kier alpha value is -1.47. The van der Waals surface area contributed by atoms with Gasteiger partial charge in [-0.05, 0) is 18.6 Å². The van der Waals surface area contributed by atoms with Crippen molar-refractivity contribution in [2.45, 2.75) is 39.2 Å². The molecule has 22 heavy (non-hydrogen) atoms. The molecular weight excluding hydrogens is 302 g/mol. The summed E-state index contributed by atoms with van der Waals surface area (Å²) in [4.78, 5) is 15.9. The number of nitrogens with zero attached hydrogens (tertiary/aromatic N) is 2. The van der Waals surface area contributed by atoms with Crippen molar-refractivity contribution in [2.75, 3.05) is 19.3 Å². The number of hydrogen-bond acceptors (Lipinski definition) is 4. The number of pyridine rings is 1. The molecule has 1 aromatic rings. The molecule has 0 aliphatic carbocycles. The fraction of sp³-hybridized carbons (Fsp3) is 0.600. The molecule has 124 valence electrons. The molecule has 6 nitrogen and oxygen atoms in total. The highest BCUT2D eigenvalue weighted by Gasteiger charge is 2.18. The monoisotopic (exact) mass is 327 g/mol. The molecule has 0 aliphatic heterocycles. The summed E-state index contributed by atoms with van der Waals surface area (Å²) >= 11 is 0. The number of nitrogens with one attached hydrogen (secondary N) is 1. The third kappa shape index (κ3) is 7.51. The molecule has 1 aromatic heterocycles. The van der Waals surface area contributed by atoms with Gasteiger partial charge < -0.3 is 5.32 Å². The van der Waals surface area contributed by atoms with Gasteiger partial charge in [0.2, 0.25) is 15.9 Å². The molecule has 1 rings (SSSR count). The van der Waals surface area contributed by atoms with Crippen LogP contribution in [0.3, 0.4) is 0 Å². The van der Waals surface area contributed by atoms with Crippen molar-refractivity contribution in [2.24, 2.45) is 0 Å². The summed E-state index contributed by atoms with van der Waals surface area (Å²) < 4.78 is 24.9. The highest BCUT2D eigenvalue weighted by atomic mass is 32.2. The SMILES string of the molecule is CCCCCNC(=O)CCN(Cc1ccccn1)S(C)(=O)=O. The molecule has 0 saturated heterocycles. The van der Waals surface area contributed by atoms with Gasteiger partial charge in [0.05, 0.1) is 18.5 Å². The van der Waals surface area contributed by atoms with Gasteiger partial charge in [-0.3, -0.25) is 9.78 Å². The van der Waals surface area contributed by atoms with Crippen LogP contribution in [0.25, 0.3) is 0 Å². The zero-order chi connectivity index (χ0) is 16.4. The second-order valence-corrected chi connectivity index (χ2v) is 7.21. The van der Waals surface area contributed by atoms with Crippen molar-refractivity contribution in [1.29, 1.82) is 0 Å². The summed E-state index contributed by atoms with van der Waals surface area (Å²) in [6.07, 6.45) is 6.06. The van der Waals surface area contributed by atoms with Crippen LogP contribution >= 0.6 is 0 Å². The number of aromatic nitrogens is 1. The highest BCUT2D eigenvalue weighted by Crippen LogP contribution is 2.07. The second kappa shape index (κ2) is 9.53. The van der Waals surface area contributed by atoms with Gasteiger partial charge >= 0.3 is 0 Å². The quantitative estimate of drug-likeness (QED) is 0.661. The smallest absolute Gasteiger partial charge is 0.221 e. The van der Waals surface area contributed by atoms with E-state index in [0.717, 1.165) is 25.5 Å². The zero-order valence-corrected chi connectivity index (χ0v) is 14.1. The first-order chi connectivity index (χ1) is 10.4. The van der Waals surface area contributed by atoms with E-state index in [1.54, 1.807) is 18.3 Å². The first kappa shape index (κ1) is 18.6. The van der Waals surface area contributed by atoms with Crippen molar-refractivity contribution >= 4 is 15.9 Å². The lowest BCUT2D eigenvalue weighted by atomic mass is 10.2. The molecule has 1 heterocycles. The third-order valence-electron chi connectivity index (χ3n) is 3.22. The number of hydrogen-bond donors (Lipinski definition) is 1. The summed E-state index contributed by atoms with van der Waals surface area (Å²) in [5, 5.41) is 2.81. The van der Waals surface area contributed by atoms with E-state index in [9.17, 15) is 13.2 Å². The van der Waals surface area contributed by atoms with Crippen molar-refractivity contribution < 1.29 is 13.2 Å². The van der Waals surface area contributed by atoms with E-state index in [2.05, 4.69) is 17.2 Å². The van der Waals surface area contributed by atoms with Crippen LogP contribution in [0.2, 0.25) is 0 Å². The van der Waals surface area contributed by atoms with E-state index in [1.165, 1.54) is 4.31 Å². The van der Waals surface area contributed by atoms with Crippen LogP contribution in [-0.4, -0.2) is 43.0 Å². The fourth-order valence-electron chi connectivity index (χ4n) is 1.95. The summed E-state index contributed by atoms with van der Waals surface area (Å²) in [5.41, 5.74) is 0.663. The van der Waals surface area contributed by atoms with E-state index in [1.807, 2.05) is 6.07 Å². The van der Waals surface area contributed by atoms with Gasteiger partial charge in [-0.1, -0.05) is 25.8 Å². The lowest BCUT2D eigenvalue weighted by Gasteiger charge is -2.19. The van der Waals surface area contributed by atoms with Gasteiger partial charge in [-0.15, -0.1) is 0 Å². The average Bonchev–Trinajstić information content (AvgIpc) is 2.48. The van der Waals surface area contributed by atoms with Crippen molar-refractivity contribution in [3.63, 3.8) is 0 Å². The Kier molecular flexibility index (Phi) is 8.05. The maximum Gasteiger partial charge on any atom is 0.221 e. The molecule has 0 bridgehead atoms. The highest BCUT2D eigenvalue weighted by molar-refractivity contribution is 7.88. The van der Waals surface area contributed by atoms with Crippen LogP contribution in [0, 0.1) is 0 Å². The van der Waals surface area contributed by atoms with Gasteiger partial charge in [0.15, 0.2) is 0 Å². The molecule has 0 atom stereocenters. The number of amides is 1. The lowest BCUT2D eigenvalue weighted by molar-refractivity contribution is -0.121. The molecule has 7 heteroatoms. The Bertz CT molecular complexity index is 546. The van der Waals surface area contributed by atoms with E-state index in [4.69, 9.17) is 0 Å². The fourth-order valence-corrected chi connectivity index (χ4v) is 2.74. The van der Waals surface area contributed by atoms with Crippen LogP contribution < -0.4 is 5.32 Å². The predicted molar refractivity (Wildman–Crippen MR) is 86.6 cm³/mol. The Morgan fingerprint density at radius 1 is 1.32 bits per heavy atom. The molecule has 0 saturated carbocycles. The molecule has 0 radical (unpaired) electrons.